The molecular weight excluding hydrogens is 194 g/mol. The van der Waals surface area contributed by atoms with Crippen molar-refractivity contribution in [2.45, 2.75) is 66.3 Å². The predicted molar refractivity (Wildman–Crippen MR) is 72.6 cm³/mol. The van der Waals surface area contributed by atoms with E-state index in [2.05, 4.69) is 47.0 Å². The smallest absolute Gasteiger partial charge is 0.0143 e. The molecule has 0 saturated heterocycles. The van der Waals surface area contributed by atoms with E-state index in [1.807, 2.05) is 0 Å². The molecule has 1 rings (SSSR count). The topological polar surface area (TPSA) is 12.0 Å². The van der Waals surface area contributed by atoms with E-state index < -0.39 is 0 Å². The van der Waals surface area contributed by atoms with Crippen molar-refractivity contribution in [1.82, 2.24) is 5.32 Å². The maximum Gasteiger partial charge on any atom is 0.0143 e. The highest BCUT2D eigenvalue weighted by molar-refractivity contribution is 4.91. The zero-order chi connectivity index (χ0) is 12.3. The van der Waals surface area contributed by atoms with Crippen LogP contribution >= 0.6 is 0 Å². The first-order valence-corrected chi connectivity index (χ1v) is 7.09. The maximum absolute atomic E-state index is 3.60. The predicted octanol–water partition coefficient (Wildman–Crippen LogP) is 4.08. The van der Waals surface area contributed by atoms with Crippen LogP contribution in [0.15, 0.2) is 0 Å². The van der Waals surface area contributed by atoms with Gasteiger partial charge in [-0.05, 0) is 49.5 Å². The Balaban J connectivity index is 2.67. The summed E-state index contributed by atoms with van der Waals surface area (Å²) in [6, 6.07) is 0.687. The summed E-state index contributed by atoms with van der Waals surface area (Å²) in [7, 11) is 2.14. The summed E-state index contributed by atoms with van der Waals surface area (Å²) in [6.07, 6.45) is 5.51. The van der Waals surface area contributed by atoms with Gasteiger partial charge in [-0.2, -0.15) is 0 Å². The molecule has 1 N–H and O–H groups in total. The van der Waals surface area contributed by atoms with Crippen LogP contribution in [-0.4, -0.2) is 13.1 Å². The van der Waals surface area contributed by atoms with Crippen molar-refractivity contribution in [3.05, 3.63) is 0 Å². The lowest BCUT2D eigenvalue weighted by molar-refractivity contribution is 0.104. The third-order valence-electron chi connectivity index (χ3n) is 5.17. The highest BCUT2D eigenvalue weighted by atomic mass is 14.9. The van der Waals surface area contributed by atoms with Gasteiger partial charge in [0.15, 0.2) is 0 Å². The highest BCUT2D eigenvalue weighted by Gasteiger charge is 2.36. The van der Waals surface area contributed by atoms with E-state index in [0.717, 1.165) is 17.8 Å². The van der Waals surface area contributed by atoms with Crippen molar-refractivity contribution in [2.24, 2.45) is 23.2 Å². The molecule has 0 amide bonds. The normalized spacial score (nSPS) is 33.8. The van der Waals surface area contributed by atoms with E-state index >= 15 is 0 Å². The molecule has 16 heavy (non-hydrogen) atoms. The molecule has 0 spiro atoms. The molecule has 0 aromatic rings. The molecule has 0 aliphatic heterocycles. The van der Waals surface area contributed by atoms with Gasteiger partial charge in [-0.1, -0.05) is 41.0 Å². The van der Waals surface area contributed by atoms with Gasteiger partial charge in [-0.15, -0.1) is 0 Å². The van der Waals surface area contributed by atoms with Crippen LogP contribution in [0.4, 0.5) is 0 Å². The molecule has 1 nitrogen and oxygen atoms in total. The van der Waals surface area contributed by atoms with E-state index in [4.69, 9.17) is 0 Å². The van der Waals surface area contributed by atoms with E-state index in [0.29, 0.717) is 11.5 Å². The van der Waals surface area contributed by atoms with Gasteiger partial charge < -0.3 is 5.32 Å². The Morgan fingerprint density at radius 3 is 2.25 bits per heavy atom. The van der Waals surface area contributed by atoms with E-state index in [1.165, 1.54) is 25.7 Å². The van der Waals surface area contributed by atoms with Crippen molar-refractivity contribution in [1.29, 1.82) is 0 Å². The molecule has 1 aliphatic rings. The number of nitrogens with one attached hydrogen (secondary N) is 1. The molecule has 4 unspecified atom stereocenters. The van der Waals surface area contributed by atoms with E-state index in [1.54, 1.807) is 0 Å². The first-order chi connectivity index (χ1) is 7.42. The molecule has 1 heteroatoms. The van der Waals surface area contributed by atoms with Gasteiger partial charge in [0, 0.05) is 6.04 Å². The van der Waals surface area contributed by atoms with Crippen molar-refractivity contribution < 1.29 is 0 Å². The molecule has 1 saturated carbocycles. The van der Waals surface area contributed by atoms with Crippen molar-refractivity contribution in [3.63, 3.8) is 0 Å². The third-order valence-corrected chi connectivity index (χ3v) is 5.17. The quantitative estimate of drug-likeness (QED) is 0.760. The lowest BCUT2D eigenvalue weighted by Gasteiger charge is -2.43. The average molecular weight is 225 g/mol. The lowest BCUT2D eigenvalue weighted by Crippen LogP contribution is -2.47. The highest BCUT2D eigenvalue weighted by Crippen LogP contribution is 2.40. The van der Waals surface area contributed by atoms with E-state index in [9.17, 15) is 0 Å². The number of rotatable bonds is 4. The molecule has 0 aromatic heterocycles. The van der Waals surface area contributed by atoms with Gasteiger partial charge in [-0.3, -0.25) is 0 Å². The molecule has 0 bridgehead atoms. The van der Waals surface area contributed by atoms with Crippen LogP contribution in [0.2, 0.25) is 0 Å². The van der Waals surface area contributed by atoms with Crippen molar-refractivity contribution in [3.8, 4) is 0 Å². The molecule has 96 valence electrons. The summed E-state index contributed by atoms with van der Waals surface area (Å²) < 4.78 is 0. The summed E-state index contributed by atoms with van der Waals surface area (Å²) in [5, 5.41) is 3.60. The van der Waals surface area contributed by atoms with Gasteiger partial charge in [0.25, 0.3) is 0 Å². The Bertz CT molecular complexity index is 209. The summed E-state index contributed by atoms with van der Waals surface area (Å²) in [5.41, 5.74) is 0.430. The molecule has 1 aliphatic carbocycles. The Hall–Kier alpha value is -0.0400. The SMILES string of the molecule is CCC(C)(C)C(NC)C1CCC(C)C(C)C1. The molecule has 0 heterocycles. The largest absolute Gasteiger partial charge is 0.316 e. The minimum absolute atomic E-state index is 0.430. The van der Waals surface area contributed by atoms with E-state index in [-0.39, 0.29) is 0 Å². The monoisotopic (exact) mass is 225 g/mol. The number of hydrogen-bond acceptors (Lipinski definition) is 1. The number of hydrogen-bond donors (Lipinski definition) is 1. The average Bonchev–Trinajstić information content (AvgIpc) is 2.24. The summed E-state index contributed by atoms with van der Waals surface area (Å²) in [6.45, 7) is 12.0. The summed E-state index contributed by atoms with van der Waals surface area (Å²) in [5.74, 6) is 2.71. The third kappa shape index (κ3) is 3.00. The van der Waals surface area contributed by atoms with Crippen LogP contribution in [-0.2, 0) is 0 Å². The van der Waals surface area contributed by atoms with Crippen molar-refractivity contribution in [2.75, 3.05) is 7.05 Å². The minimum Gasteiger partial charge on any atom is -0.316 e. The van der Waals surface area contributed by atoms with Gasteiger partial charge in [-0.25, -0.2) is 0 Å². The Morgan fingerprint density at radius 2 is 1.81 bits per heavy atom. The second-order valence-corrected chi connectivity index (χ2v) is 6.64. The van der Waals surface area contributed by atoms with Gasteiger partial charge >= 0.3 is 0 Å². The first-order valence-electron chi connectivity index (χ1n) is 7.09. The fraction of sp³-hybridized carbons (Fsp3) is 1.00. The van der Waals surface area contributed by atoms with Crippen molar-refractivity contribution >= 4 is 0 Å². The van der Waals surface area contributed by atoms with Crippen LogP contribution < -0.4 is 5.32 Å². The second kappa shape index (κ2) is 5.53. The van der Waals surface area contributed by atoms with Crippen LogP contribution in [0.5, 0.6) is 0 Å². The first kappa shape index (κ1) is 14.0. The Labute approximate surface area is 102 Å². The fourth-order valence-corrected chi connectivity index (χ4v) is 3.38. The molecule has 0 radical (unpaired) electrons. The maximum atomic E-state index is 3.60. The zero-order valence-electron chi connectivity index (χ0n) is 12.1. The zero-order valence-corrected chi connectivity index (χ0v) is 12.1. The lowest BCUT2D eigenvalue weighted by atomic mass is 9.66. The second-order valence-electron chi connectivity index (χ2n) is 6.64. The molecule has 0 aromatic carbocycles. The van der Waals surface area contributed by atoms with Gasteiger partial charge in [0.2, 0.25) is 0 Å². The summed E-state index contributed by atoms with van der Waals surface area (Å²) in [4.78, 5) is 0. The molecular formula is C15H31N. The van der Waals surface area contributed by atoms with Crippen LogP contribution in [0.1, 0.15) is 60.3 Å². The van der Waals surface area contributed by atoms with Crippen LogP contribution in [0, 0.1) is 23.2 Å². The molecule has 1 fully saturated rings. The Morgan fingerprint density at radius 1 is 1.19 bits per heavy atom. The van der Waals surface area contributed by atoms with Crippen LogP contribution in [0.25, 0.3) is 0 Å². The van der Waals surface area contributed by atoms with Gasteiger partial charge in [0.1, 0.15) is 0 Å². The standard InChI is InChI=1S/C15H31N/c1-7-15(4,5)14(16-6)13-9-8-11(2)12(3)10-13/h11-14,16H,7-10H2,1-6H3. The van der Waals surface area contributed by atoms with Gasteiger partial charge in [0.05, 0.1) is 0 Å². The minimum atomic E-state index is 0.430. The fourth-order valence-electron chi connectivity index (χ4n) is 3.38. The summed E-state index contributed by atoms with van der Waals surface area (Å²) >= 11 is 0. The molecule has 4 atom stereocenters. The Kier molecular flexibility index (Phi) is 4.85. The van der Waals surface area contributed by atoms with Crippen LogP contribution in [0.3, 0.4) is 0 Å².